The normalized spacial score (nSPS) is 12.2. The van der Waals surface area contributed by atoms with Gasteiger partial charge in [-0.05, 0) is 59.7 Å². The second-order valence-corrected chi connectivity index (χ2v) is 11.4. The molecule has 4 aromatic rings. The SMILES string of the molecule is CC(C)(c1ccc(Cl)c(Cl)c1)c1cnc(S(=O)(=O)NCc2ccc(F)cc2Cl)n1-c1ccc(F)cc1. The van der Waals surface area contributed by atoms with Crippen molar-refractivity contribution < 1.29 is 17.2 Å². The van der Waals surface area contributed by atoms with Crippen LogP contribution in [0.2, 0.25) is 15.1 Å². The first-order chi connectivity index (χ1) is 16.9. The van der Waals surface area contributed by atoms with Gasteiger partial charge in [0.05, 0.1) is 21.9 Å². The zero-order valence-electron chi connectivity index (χ0n) is 19.1. The molecule has 0 unspecified atom stereocenters. The van der Waals surface area contributed by atoms with Crippen LogP contribution in [0.5, 0.6) is 0 Å². The van der Waals surface area contributed by atoms with Crippen molar-refractivity contribution in [2.75, 3.05) is 0 Å². The van der Waals surface area contributed by atoms with E-state index in [1.54, 1.807) is 18.2 Å². The Bertz CT molecular complexity index is 1540. The summed E-state index contributed by atoms with van der Waals surface area (Å²) in [6.07, 6.45) is 1.45. The fraction of sp³-hybridized carbons (Fsp3) is 0.160. The van der Waals surface area contributed by atoms with Crippen molar-refractivity contribution in [1.82, 2.24) is 14.3 Å². The number of rotatable bonds is 7. The standard InChI is InChI=1S/C25H20Cl3F2N3O2S/c1-25(2,16-4-10-20(26)22(28)11-16)23-14-31-24(33(23)19-8-6-17(29)7-9-19)36(34,35)32-13-15-3-5-18(30)12-21(15)27/h3-12,14,32H,13H2,1-2H3. The molecule has 0 fully saturated rings. The molecule has 0 aliphatic rings. The molecule has 1 heterocycles. The molecule has 188 valence electrons. The van der Waals surface area contributed by atoms with E-state index in [0.717, 1.165) is 11.6 Å². The Hall–Kier alpha value is -2.49. The van der Waals surface area contributed by atoms with E-state index in [9.17, 15) is 17.2 Å². The summed E-state index contributed by atoms with van der Waals surface area (Å²) < 4.78 is 57.8. The van der Waals surface area contributed by atoms with E-state index in [1.807, 2.05) is 13.8 Å². The van der Waals surface area contributed by atoms with Crippen LogP contribution >= 0.6 is 34.8 Å². The second kappa shape index (κ2) is 10.1. The summed E-state index contributed by atoms with van der Waals surface area (Å²) in [4.78, 5) is 4.23. The third kappa shape index (κ3) is 5.28. The highest BCUT2D eigenvalue weighted by molar-refractivity contribution is 7.89. The largest absolute Gasteiger partial charge is 0.286 e. The van der Waals surface area contributed by atoms with Gasteiger partial charge >= 0.3 is 0 Å². The highest BCUT2D eigenvalue weighted by Gasteiger charge is 2.33. The molecule has 0 spiro atoms. The van der Waals surface area contributed by atoms with E-state index in [-0.39, 0.29) is 16.7 Å². The summed E-state index contributed by atoms with van der Waals surface area (Å²) in [6.45, 7) is 3.57. The highest BCUT2D eigenvalue weighted by Crippen LogP contribution is 2.37. The van der Waals surface area contributed by atoms with Gasteiger partial charge in [-0.3, -0.25) is 4.57 Å². The van der Waals surface area contributed by atoms with Gasteiger partial charge in [0.25, 0.3) is 10.0 Å². The first-order valence-electron chi connectivity index (χ1n) is 10.6. The van der Waals surface area contributed by atoms with Gasteiger partial charge in [0.15, 0.2) is 0 Å². The number of nitrogens with one attached hydrogen (secondary N) is 1. The zero-order valence-corrected chi connectivity index (χ0v) is 22.2. The van der Waals surface area contributed by atoms with Crippen molar-refractivity contribution in [3.8, 4) is 5.69 Å². The molecule has 0 bridgehead atoms. The molecule has 0 saturated carbocycles. The van der Waals surface area contributed by atoms with Gasteiger partial charge in [-0.2, -0.15) is 0 Å². The summed E-state index contributed by atoms with van der Waals surface area (Å²) in [5, 5.41) is 0.507. The fourth-order valence-electron chi connectivity index (χ4n) is 3.74. The summed E-state index contributed by atoms with van der Waals surface area (Å²) >= 11 is 18.4. The summed E-state index contributed by atoms with van der Waals surface area (Å²) in [5.74, 6) is -1.01. The Morgan fingerprint density at radius 3 is 2.19 bits per heavy atom. The molecule has 0 atom stereocenters. The molecule has 0 amide bonds. The predicted molar refractivity (Wildman–Crippen MR) is 138 cm³/mol. The number of aromatic nitrogens is 2. The lowest BCUT2D eigenvalue weighted by Gasteiger charge is -2.27. The minimum atomic E-state index is -4.20. The average Bonchev–Trinajstić information content (AvgIpc) is 3.28. The Balaban J connectivity index is 1.82. The lowest BCUT2D eigenvalue weighted by atomic mass is 9.81. The number of benzene rings is 3. The van der Waals surface area contributed by atoms with Crippen LogP contribution in [0, 0.1) is 11.6 Å². The van der Waals surface area contributed by atoms with E-state index in [1.165, 1.54) is 47.2 Å². The lowest BCUT2D eigenvalue weighted by Crippen LogP contribution is -2.29. The van der Waals surface area contributed by atoms with Gasteiger partial charge in [-0.15, -0.1) is 0 Å². The molecule has 11 heteroatoms. The van der Waals surface area contributed by atoms with Crippen molar-refractivity contribution in [3.05, 3.63) is 110 Å². The van der Waals surface area contributed by atoms with Crippen molar-refractivity contribution >= 4 is 44.8 Å². The van der Waals surface area contributed by atoms with Crippen LogP contribution < -0.4 is 4.72 Å². The maximum absolute atomic E-state index is 13.7. The Kier molecular flexibility index (Phi) is 7.46. The van der Waals surface area contributed by atoms with E-state index in [2.05, 4.69) is 9.71 Å². The summed E-state index contributed by atoms with van der Waals surface area (Å²) in [7, 11) is -4.20. The van der Waals surface area contributed by atoms with E-state index < -0.39 is 27.1 Å². The molecule has 36 heavy (non-hydrogen) atoms. The third-order valence-corrected chi connectivity index (χ3v) is 8.19. The number of hydrogen-bond donors (Lipinski definition) is 1. The molecule has 0 aliphatic carbocycles. The maximum Gasteiger partial charge on any atom is 0.275 e. The van der Waals surface area contributed by atoms with Gasteiger partial charge in [-0.1, -0.05) is 60.8 Å². The van der Waals surface area contributed by atoms with Crippen LogP contribution in [0.1, 0.15) is 30.7 Å². The minimum absolute atomic E-state index is 0.0843. The highest BCUT2D eigenvalue weighted by atomic mass is 35.5. The minimum Gasteiger partial charge on any atom is -0.286 e. The molecule has 0 radical (unpaired) electrons. The molecule has 1 aromatic heterocycles. The van der Waals surface area contributed by atoms with E-state index in [4.69, 9.17) is 34.8 Å². The smallest absolute Gasteiger partial charge is 0.275 e. The maximum atomic E-state index is 13.7. The average molecular weight is 571 g/mol. The number of hydrogen-bond acceptors (Lipinski definition) is 3. The Morgan fingerprint density at radius 2 is 1.56 bits per heavy atom. The van der Waals surface area contributed by atoms with Gasteiger partial charge in [0.2, 0.25) is 5.16 Å². The van der Waals surface area contributed by atoms with Crippen molar-refractivity contribution in [2.24, 2.45) is 0 Å². The van der Waals surface area contributed by atoms with Crippen molar-refractivity contribution in [3.63, 3.8) is 0 Å². The van der Waals surface area contributed by atoms with Gasteiger partial charge in [0.1, 0.15) is 11.6 Å². The summed E-state index contributed by atoms with van der Waals surface area (Å²) in [6, 6.07) is 14.2. The summed E-state index contributed by atoms with van der Waals surface area (Å²) in [5.41, 5.74) is 1.25. The van der Waals surface area contributed by atoms with Crippen LogP contribution in [0.3, 0.4) is 0 Å². The van der Waals surface area contributed by atoms with Crippen LogP contribution in [0.25, 0.3) is 5.69 Å². The van der Waals surface area contributed by atoms with Crippen LogP contribution in [0.15, 0.2) is 72.0 Å². The van der Waals surface area contributed by atoms with Gasteiger partial charge in [0, 0.05) is 22.7 Å². The predicted octanol–water partition coefficient (Wildman–Crippen LogP) is 6.92. The first kappa shape index (κ1) is 26.6. The lowest BCUT2D eigenvalue weighted by molar-refractivity contribution is 0.557. The van der Waals surface area contributed by atoms with Gasteiger partial charge in [-0.25, -0.2) is 26.9 Å². The monoisotopic (exact) mass is 569 g/mol. The van der Waals surface area contributed by atoms with Crippen molar-refractivity contribution in [2.45, 2.75) is 31.0 Å². The van der Waals surface area contributed by atoms with E-state index >= 15 is 0 Å². The topological polar surface area (TPSA) is 64.0 Å². The van der Waals surface area contributed by atoms with Crippen molar-refractivity contribution in [1.29, 1.82) is 0 Å². The molecule has 4 rings (SSSR count). The number of nitrogens with zero attached hydrogens (tertiary/aromatic N) is 2. The van der Waals surface area contributed by atoms with Crippen LogP contribution in [-0.4, -0.2) is 18.0 Å². The Labute approximate surface area is 222 Å². The number of halogens is 5. The third-order valence-electron chi connectivity index (χ3n) is 5.80. The Morgan fingerprint density at radius 1 is 0.889 bits per heavy atom. The fourth-order valence-corrected chi connectivity index (χ4v) is 5.38. The van der Waals surface area contributed by atoms with E-state index in [0.29, 0.717) is 27.0 Å². The molecular formula is C25H20Cl3F2N3O2S. The molecule has 0 aliphatic heterocycles. The molecule has 1 N–H and O–H groups in total. The first-order valence-corrected chi connectivity index (χ1v) is 13.2. The molecule has 5 nitrogen and oxygen atoms in total. The number of sulfonamides is 1. The van der Waals surface area contributed by atoms with Crippen LogP contribution in [-0.2, 0) is 22.0 Å². The van der Waals surface area contributed by atoms with Gasteiger partial charge < -0.3 is 0 Å². The number of imidazole rings is 1. The molecule has 3 aromatic carbocycles. The molecular weight excluding hydrogens is 551 g/mol. The quantitative estimate of drug-likeness (QED) is 0.262. The zero-order chi connectivity index (χ0) is 26.3. The molecule has 0 saturated heterocycles. The second-order valence-electron chi connectivity index (χ2n) is 8.55. The van der Waals surface area contributed by atoms with Crippen LogP contribution in [0.4, 0.5) is 8.78 Å².